The highest BCUT2D eigenvalue weighted by Gasteiger charge is 1.96. The van der Waals surface area contributed by atoms with Crippen molar-refractivity contribution in [1.29, 1.82) is 0 Å². The second-order valence-corrected chi connectivity index (χ2v) is 9.00. The van der Waals surface area contributed by atoms with Gasteiger partial charge < -0.3 is 5.32 Å². The Morgan fingerprint density at radius 2 is 0.897 bits per heavy atom. The third-order valence-corrected chi connectivity index (χ3v) is 6.14. The summed E-state index contributed by atoms with van der Waals surface area (Å²) in [7, 11) is 0. The molecule has 1 heteroatoms. The zero-order valence-corrected chi connectivity index (χ0v) is 19.7. The summed E-state index contributed by atoms with van der Waals surface area (Å²) in [5.74, 6) is 0. The molecule has 1 N–H and O–H groups in total. The fraction of sp³-hybridized carbons (Fsp3) is 0.786. The maximum absolute atomic E-state index is 3.59. The Labute approximate surface area is 183 Å². The second-order valence-electron chi connectivity index (χ2n) is 9.00. The summed E-state index contributed by atoms with van der Waals surface area (Å²) >= 11 is 0. The van der Waals surface area contributed by atoms with E-state index < -0.39 is 0 Å². The van der Waals surface area contributed by atoms with Gasteiger partial charge in [-0.15, -0.1) is 0 Å². The van der Waals surface area contributed by atoms with Crippen molar-refractivity contribution in [3.63, 3.8) is 0 Å². The van der Waals surface area contributed by atoms with Crippen molar-refractivity contribution in [2.45, 2.75) is 129 Å². The van der Waals surface area contributed by atoms with Gasteiger partial charge in [0.1, 0.15) is 0 Å². The number of unbranched alkanes of at least 4 members (excludes halogenated alkanes) is 17. The minimum atomic E-state index is 1.11. The lowest BCUT2D eigenvalue weighted by molar-refractivity contribution is 0.522. The first-order valence-corrected chi connectivity index (χ1v) is 13.2. The van der Waals surface area contributed by atoms with E-state index in [0.717, 1.165) is 13.0 Å². The molecule has 168 valence electrons. The monoisotopic (exact) mass is 401 g/mol. The molecule has 0 aromatic heterocycles. The number of benzene rings is 1. The van der Waals surface area contributed by atoms with E-state index in [9.17, 15) is 0 Å². The minimum absolute atomic E-state index is 1.11. The highest BCUT2D eigenvalue weighted by Crippen LogP contribution is 2.14. The quantitative estimate of drug-likeness (QED) is 0.191. The average Bonchev–Trinajstić information content (AvgIpc) is 2.75. The van der Waals surface area contributed by atoms with Gasteiger partial charge in [0.15, 0.2) is 0 Å². The van der Waals surface area contributed by atoms with Crippen LogP contribution in [0, 0.1) is 0 Å². The van der Waals surface area contributed by atoms with Crippen LogP contribution in [0.2, 0.25) is 0 Å². The second kappa shape index (κ2) is 21.9. The smallest absolute Gasteiger partial charge is 0.000835 e. The Balaban J connectivity index is 1.66. The summed E-state index contributed by atoms with van der Waals surface area (Å²) < 4.78 is 0. The van der Waals surface area contributed by atoms with E-state index in [1.807, 2.05) is 0 Å². The van der Waals surface area contributed by atoms with Gasteiger partial charge in [0.25, 0.3) is 0 Å². The van der Waals surface area contributed by atoms with Crippen LogP contribution in [0.15, 0.2) is 30.3 Å². The van der Waals surface area contributed by atoms with E-state index in [1.165, 1.54) is 128 Å². The Morgan fingerprint density at radius 1 is 0.483 bits per heavy atom. The molecule has 0 unspecified atom stereocenters. The summed E-state index contributed by atoms with van der Waals surface area (Å²) in [6.07, 6.45) is 27.2. The maximum Gasteiger partial charge on any atom is -0.000835 e. The summed E-state index contributed by atoms with van der Waals surface area (Å²) in [4.78, 5) is 0. The SMILES string of the molecule is CCCCCCCCCCCCCCCCCCCCNCCc1ccccc1. The molecule has 0 saturated heterocycles. The van der Waals surface area contributed by atoms with Crippen LogP contribution in [0.5, 0.6) is 0 Å². The fourth-order valence-corrected chi connectivity index (χ4v) is 4.15. The molecule has 0 fully saturated rings. The van der Waals surface area contributed by atoms with E-state index >= 15 is 0 Å². The maximum atomic E-state index is 3.59. The lowest BCUT2D eigenvalue weighted by Gasteiger charge is -2.05. The molecule has 0 bridgehead atoms. The van der Waals surface area contributed by atoms with Crippen LogP contribution in [-0.4, -0.2) is 13.1 Å². The molecule has 1 rings (SSSR count). The van der Waals surface area contributed by atoms with Crippen molar-refractivity contribution in [3.05, 3.63) is 35.9 Å². The molecule has 29 heavy (non-hydrogen) atoms. The third kappa shape index (κ3) is 18.9. The van der Waals surface area contributed by atoms with Gasteiger partial charge in [0, 0.05) is 0 Å². The first-order valence-electron chi connectivity index (χ1n) is 13.2. The molecule has 0 aliphatic rings. The van der Waals surface area contributed by atoms with E-state index in [0.29, 0.717) is 0 Å². The molecule has 0 atom stereocenters. The van der Waals surface area contributed by atoms with Gasteiger partial charge in [-0.25, -0.2) is 0 Å². The predicted molar refractivity (Wildman–Crippen MR) is 132 cm³/mol. The zero-order chi connectivity index (χ0) is 20.7. The molecule has 1 nitrogen and oxygen atoms in total. The van der Waals surface area contributed by atoms with Crippen molar-refractivity contribution < 1.29 is 0 Å². The Morgan fingerprint density at radius 3 is 1.34 bits per heavy atom. The number of hydrogen-bond donors (Lipinski definition) is 1. The zero-order valence-electron chi connectivity index (χ0n) is 19.7. The van der Waals surface area contributed by atoms with Crippen molar-refractivity contribution in [1.82, 2.24) is 5.32 Å². The van der Waals surface area contributed by atoms with Crippen LogP contribution >= 0.6 is 0 Å². The summed E-state index contributed by atoms with van der Waals surface area (Å²) in [6.45, 7) is 4.60. The van der Waals surface area contributed by atoms with Crippen molar-refractivity contribution in [2.24, 2.45) is 0 Å². The van der Waals surface area contributed by atoms with Gasteiger partial charge >= 0.3 is 0 Å². The number of nitrogens with one attached hydrogen (secondary N) is 1. The molecule has 0 aliphatic carbocycles. The first kappa shape index (κ1) is 26.2. The van der Waals surface area contributed by atoms with Gasteiger partial charge in [-0.1, -0.05) is 146 Å². The largest absolute Gasteiger partial charge is 0.316 e. The third-order valence-electron chi connectivity index (χ3n) is 6.14. The van der Waals surface area contributed by atoms with Crippen molar-refractivity contribution in [3.8, 4) is 0 Å². The fourth-order valence-electron chi connectivity index (χ4n) is 4.15. The molecular formula is C28H51N. The summed E-state index contributed by atoms with van der Waals surface area (Å²) in [5.41, 5.74) is 1.44. The number of hydrogen-bond acceptors (Lipinski definition) is 1. The minimum Gasteiger partial charge on any atom is -0.316 e. The molecule has 0 heterocycles. The molecule has 0 aliphatic heterocycles. The lowest BCUT2D eigenvalue weighted by atomic mass is 10.0. The van der Waals surface area contributed by atoms with Crippen LogP contribution < -0.4 is 5.32 Å². The first-order chi connectivity index (χ1) is 14.4. The highest BCUT2D eigenvalue weighted by molar-refractivity contribution is 5.14. The van der Waals surface area contributed by atoms with Crippen LogP contribution in [0.4, 0.5) is 0 Å². The summed E-state index contributed by atoms with van der Waals surface area (Å²) in [6, 6.07) is 10.8. The molecular weight excluding hydrogens is 350 g/mol. The predicted octanol–water partition coefficient (Wildman–Crippen LogP) is 8.86. The molecule has 0 amide bonds. The van der Waals surface area contributed by atoms with Crippen LogP contribution in [0.1, 0.15) is 128 Å². The van der Waals surface area contributed by atoms with Gasteiger partial charge in [0.2, 0.25) is 0 Å². The van der Waals surface area contributed by atoms with Gasteiger partial charge in [0.05, 0.1) is 0 Å². The topological polar surface area (TPSA) is 12.0 Å². The molecule has 0 radical (unpaired) electrons. The molecule has 0 spiro atoms. The van der Waals surface area contributed by atoms with Crippen LogP contribution in [-0.2, 0) is 6.42 Å². The van der Waals surface area contributed by atoms with Gasteiger partial charge in [-0.3, -0.25) is 0 Å². The highest BCUT2D eigenvalue weighted by atomic mass is 14.8. The lowest BCUT2D eigenvalue weighted by Crippen LogP contribution is -2.18. The van der Waals surface area contributed by atoms with Crippen molar-refractivity contribution >= 4 is 0 Å². The van der Waals surface area contributed by atoms with Gasteiger partial charge in [-0.2, -0.15) is 0 Å². The Hall–Kier alpha value is -0.820. The van der Waals surface area contributed by atoms with E-state index in [4.69, 9.17) is 0 Å². The number of rotatable bonds is 22. The standard InChI is InChI=1S/C28H51N/c1-2-3-4-5-6-7-8-9-10-11-12-13-14-15-16-17-18-22-26-29-27-25-28-23-20-19-21-24-28/h19-21,23-24,29H,2-18,22,25-27H2,1H3. The molecule has 1 aromatic carbocycles. The van der Waals surface area contributed by atoms with E-state index in [-0.39, 0.29) is 0 Å². The Kier molecular flexibility index (Phi) is 19.8. The van der Waals surface area contributed by atoms with Crippen LogP contribution in [0.3, 0.4) is 0 Å². The summed E-state index contributed by atoms with van der Waals surface area (Å²) in [5, 5.41) is 3.59. The van der Waals surface area contributed by atoms with Gasteiger partial charge in [-0.05, 0) is 31.5 Å². The van der Waals surface area contributed by atoms with E-state index in [1.54, 1.807) is 0 Å². The average molecular weight is 402 g/mol. The van der Waals surface area contributed by atoms with Crippen LogP contribution in [0.25, 0.3) is 0 Å². The normalized spacial score (nSPS) is 11.2. The Bertz CT molecular complexity index is 414. The van der Waals surface area contributed by atoms with Crippen molar-refractivity contribution in [2.75, 3.05) is 13.1 Å². The molecule has 1 aromatic rings. The van der Waals surface area contributed by atoms with E-state index in [2.05, 4.69) is 42.6 Å². The molecule has 0 saturated carbocycles.